The van der Waals surface area contributed by atoms with Crippen LogP contribution in [0.25, 0.3) is 10.9 Å². The van der Waals surface area contributed by atoms with Gasteiger partial charge in [0.1, 0.15) is 5.76 Å². The number of amides is 2. The Bertz CT molecular complexity index is 795. The standard InChI is InChI=1S/C18H21N3O3/c1-12(17-7-4-8-24-17)20-18(23)21-14(11-22)9-13-10-19-16-6-3-2-5-15(13)16/h2-8,10,12,14,19,22H,9,11H2,1H3,(H2,20,21,23). The SMILES string of the molecule is CC(NC(=O)NC(CO)Cc1c[nH]c2ccccc12)c1ccco1. The summed E-state index contributed by atoms with van der Waals surface area (Å²) in [4.78, 5) is 15.3. The van der Waals surface area contributed by atoms with Gasteiger partial charge in [-0.05, 0) is 37.1 Å². The van der Waals surface area contributed by atoms with Gasteiger partial charge in [-0.25, -0.2) is 4.79 Å². The Morgan fingerprint density at radius 1 is 1.25 bits per heavy atom. The average Bonchev–Trinajstić information content (AvgIpc) is 3.24. The molecule has 6 nitrogen and oxygen atoms in total. The number of carbonyl (C=O) groups is 1. The van der Waals surface area contributed by atoms with Gasteiger partial charge in [-0.1, -0.05) is 18.2 Å². The lowest BCUT2D eigenvalue weighted by molar-refractivity contribution is 0.212. The van der Waals surface area contributed by atoms with Crippen molar-refractivity contribution in [2.75, 3.05) is 6.61 Å². The van der Waals surface area contributed by atoms with E-state index in [2.05, 4.69) is 15.6 Å². The van der Waals surface area contributed by atoms with Crippen LogP contribution < -0.4 is 10.6 Å². The highest BCUT2D eigenvalue weighted by Gasteiger charge is 2.17. The zero-order valence-electron chi connectivity index (χ0n) is 13.5. The number of aromatic amines is 1. The molecule has 126 valence electrons. The Morgan fingerprint density at radius 2 is 2.08 bits per heavy atom. The second-order valence-electron chi connectivity index (χ2n) is 5.80. The number of aromatic nitrogens is 1. The van der Waals surface area contributed by atoms with Gasteiger partial charge in [0.25, 0.3) is 0 Å². The largest absolute Gasteiger partial charge is 0.467 e. The van der Waals surface area contributed by atoms with Gasteiger partial charge in [0, 0.05) is 17.1 Å². The Kier molecular flexibility index (Phi) is 4.86. The monoisotopic (exact) mass is 327 g/mol. The molecule has 1 aromatic carbocycles. The number of hydrogen-bond acceptors (Lipinski definition) is 3. The number of hydrogen-bond donors (Lipinski definition) is 4. The molecule has 2 unspecified atom stereocenters. The van der Waals surface area contributed by atoms with Crippen LogP contribution >= 0.6 is 0 Å². The third-order valence-corrected chi connectivity index (χ3v) is 4.01. The number of aliphatic hydroxyl groups is 1. The Hall–Kier alpha value is -2.73. The highest BCUT2D eigenvalue weighted by molar-refractivity contribution is 5.83. The topological polar surface area (TPSA) is 90.3 Å². The van der Waals surface area contributed by atoms with Gasteiger partial charge in [0.05, 0.1) is 25.0 Å². The molecular weight excluding hydrogens is 306 g/mol. The quantitative estimate of drug-likeness (QED) is 0.561. The first-order valence-electron chi connectivity index (χ1n) is 7.93. The summed E-state index contributed by atoms with van der Waals surface area (Å²) in [5.74, 6) is 0.683. The van der Waals surface area contributed by atoms with Crippen molar-refractivity contribution in [1.82, 2.24) is 15.6 Å². The van der Waals surface area contributed by atoms with Crippen LogP contribution in [0, 0.1) is 0 Å². The van der Waals surface area contributed by atoms with Crippen LogP contribution in [0.1, 0.15) is 24.3 Å². The average molecular weight is 327 g/mol. The van der Waals surface area contributed by atoms with E-state index < -0.39 is 0 Å². The molecule has 0 saturated carbocycles. The number of para-hydroxylation sites is 1. The van der Waals surface area contributed by atoms with E-state index >= 15 is 0 Å². The summed E-state index contributed by atoms with van der Waals surface area (Å²) >= 11 is 0. The second kappa shape index (κ2) is 7.23. The number of H-pyrrole nitrogens is 1. The first-order chi connectivity index (χ1) is 11.7. The van der Waals surface area contributed by atoms with Gasteiger partial charge in [-0.2, -0.15) is 0 Å². The molecule has 0 aliphatic rings. The predicted molar refractivity (Wildman–Crippen MR) is 91.7 cm³/mol. The summed E-state index contributed by atoms with van der Waals surface area (Å²) in [6.45, 7) is 1.70. The fourth-order valence-corrected chi connectivity index (χ4v) is 2.76. The number of carbonyl (C=O) groups excluding carboxylic acids is 1. The van der Waals surface area contributed by atoms with Crippen LogP contribution in [0.4, 0.5) is 4.79 Å². The lowest BCUT2D eigenvalue weighted by atomic mass is 10.1. The Balaban J connectivity index is 1.61. The zero-order chi connectivity index (χ0) is 16.9. The lowest BCUT2D eigenvalue weighted by Crippen LogP contribution is -2.45. The van der Waals surface area contributed by atoms with Crippen LogP contribution in [-0.4, -0.2) is 28.8 Å². The molecule has 24 heavy (non-hydrogen) atoms. The van der Waals surface area contributed by atoms with Gasteiger partial charge in [0.15, 0.2) is 0 Å². The Labute approximate surface area is 139 Å². The smallest absolute Gasteiger partial charge is 0.315 e. The van der Waals surface area contributed by atoms with E-state index in [1.807, 2.05) is 37.4 Å². The lowest BCUT2D eigenvalue weighted by Gasteiger charge is -2.18. The third-order valence-electron chi connectivity index (χ3n) is 4.01. The van der Waals surface area contributed by atoms with Gasteiger partial charge in [0.2, 0.25) is 0 Å². The first kappa shape index (κ1) is 16.1. The van der Waals surface area contributed by atoms with Crippen LogP contribution in [0.5, 0.6) is 0 Å². The van der Waals surface area contributed by atoms with Crippen molar-refractivity contribution >= 4 is 16.9 Å². The molecule has 4 N–H and O–H groups in total. The van der Waals surface area contributed by atoms with Crippen molar-refractivity contribution in [2.24, 2.45) is 0 Å². The van der Waals surface area contributed by atoms with E-state index in [-0.39, 0.29) is 24.7 Å². The molecular formula is C18H21N3O3. The molecule has 2 atom stereocenters. The van der Waals surface area contributed by atoms with Crippen molar-refractivity contribution in [3.8, 4) is 0 Å². The molecule has 0 saturated heterocycles. The maximum atomic E-state index is 12.1. The number of rotatable bonds is 6. The minimum atomic E-state index is -0.368. The van der Waals surface area contributed by atoms with Crippen molar-refractivity contribution in [3.63, 3.8) is 0 Å². The number of aliphatic hydroxyl groups excluding tert-OH is 1. The summed E-state index contributed by atoms with van der Waals surface area (Å²) in [5, 5.41) is 16.3. The van der Waals surface area contributed by atoms with E-state index in [0.717, 1.165) is 16.5 Å². The molecule has 6 heteroatoms. The highest BCUT2D eigenvalue weighted by Crippen LogP contribution is 2.19. The molecule has 3 aromatic rings. The van der Waals surface area contributed by atoms with Crippen LogP contribution in [-0.2, 0) is 6.42 Å². The molecule has 0 radical (unpaired) electrons. The summed E-state index contributed by atoms with van der Waals surface area (Å²) in [7, 11) is 0. The van der Waals surface area contributed by atoms with Crippen molar-refractivity contribution in [1.29, 1.82) is 0 Å². The van der Waals surface area contributed by atoms with E-state index in [1.165, 1.54) is 0 Å². The first-order valence-corrected chi connectivity index (χ1v) is 7.93. The van der Waals surface area contributed by atoms with Crippen molar-refractivity contribution in [3.05, 3.63) is 60.2 Å². The summed E-state index contributed by atoms with van der Waals surface area (Å²) in [6, 6.07) is 10.6. The summed E-state index contributed by atoms with van der Waals surface area (Å²) in [5.41, 5.74) is 2.10. The van der Waals surface area contributed by atoms with Crippen molar-refractivity contribution < 1.29 is 14.3 Å². The minimum Gasteiger partial charge on any atom is -0.467 e. The van der Waals surface area contributed by atoms with Gasteiger partial charge in [-0.3, -0.25) is 0 Å². The molecule has 0 bridgehead atoms. The fraction of sp³-hybridized carbons (Fsp3) is 0.278. The molecule has 0 fully saturated rings. The number of urea groups is 1. The highest BCUT2D eigenvalue weighted by atomic mass is 16.3. The second-order valence-corrected chi connectivity index (χ2v) is 5.80. The third kappa shape index (κ3) is 3.60. The summed E-state index contributed by atoms with van der Waals surface area (Å²) in [6.07, 6.45) is 4.03. The molecule has 0 aliphatic heterocycles. The number of nitrogens with one attached hydrogen (secondary N) is 3. The molecule has 2 heterocycles. The fourth-order valence-electron chi connectivity index (χ4n) is 2.76. The normalized spacial score (nSPS) is 13.6. The number of furan rings is 1. The molecule has 0 aliphatic carbocycles. The minimum absolute atomic E-state index is 0.137. The number of benzene rings is 1. The maximum absolute atomic E-state index is 12.1. The van der Waals surface area contributed by atoms with E-state index in [0.29, 0.717) is 12.2 Å². The van der Waals surface area contributed by atoms with Gasteiger partial charge >= 0.3 is 6.03 Å². The van der Waals surface area contributed by atoms with E-state index in [9.17, 15) is 9.90 Å². The molecule has 0 spiro atoms. The van der Waals surface area contributed by atoms with Gasteiger partial charge in [-0.15, -0.1) is 0 Å². The van der Waals surface area contributed by atoms with Crippen LogP contribution in [0.3, 0.4) is 0 Å². The zero-order valence-corrected chi connectivity index (χ0v) is 13.5. The Morgan fingerprint density at radius 3 is 2.83 bits per heavy atom. The summed E-state index contributed by atoms with van der Waals surface area (Å²) < 4.78 is 5.26. The van der Waals surface area contributed by atoms with Gasteiger partial charge < -0.3 is 25.1 Å². The van der Waals surface area contributed by atoms with E-state index in [1.54, 1.807) is 18.4 Å². The van der Waals surface area contributed by atoms with Crippen molar-refractivity contribution in [2.45, 2.75) is 25.4 Å². The van der Waals surface area contributed by atoms with E-state index in [4.69, 9.17) is 4.42 Å². The van der Waals surface area contributed by atoms with Crippen LogP contribution in [0.15, 0.2) is 53.3 Å². The number of fused-ring (bicyclic) bond motifs is 1. The molecule has 2 aromatic heterocycles. The molecule has 3 rings (SSSR count). The van der Waals surface area contributed by atoms with Crippen LogP contribution in [0.2, 0.25) is 0 Å². The molecule has 2 amide bonds. The maximum Gasteiger partial charge on any atom is 0.315 e. The predicted octanol–water partition coefficient (Wildman–Crippen LogP) is 2.72.